The van der Waals surface area contributed by atoms with Gasteiger partial charge in [-0.15, -0.1) is 0 Å². The molecule has 0 aliphatic heterocycles. The number of rotatable bonds is 7. The molecule has 0 heterocycles. The van der Waals surface area contributed by atoms with Crippen molar-refractivity contribution in [1.29, 1.82) is 0 Å². The second-order valence-electron chi connectivity index (χ2n) is 4.35. The summed E-state index contributed by atoms with van der Waals surface area (Å²) in [6.45, 7) is 7.36. The lowest BCUT2D eigenvalue weighted by Gasteiger charge is -2.12. The van der Waals surface area contributed by atoms with E-state index in [2.05, 4.69) is 12.2 Å². The van der Waals surface area contributed by atoms with Gasteiger partial charge in [0.1, 0.15) is 6.61 Å². The number of hydrogen-bond donors (Lipinski definition) is 1. The lowest BCUT2D eigenvalue weighted by atomic mass is 10.0. The molecule has 1 aromatic carbocycles. The van der Waals surface area contributed by atoms with Gasteiger partial charge in [-0.1, -0.05) is 26.0 Å². The van der Waals surface area contributed by atoms with Crippen LogP contribution in [0.1, 0.15) is 39.2 Å². The maximum atomic E-state index is 11.7. The summed E-state index contributed by atoms with van der Waals surface area (Å²) in [5.41, 5.74) is 2.11. The zero-order chi connectivity index (χ0) is 13.4. The number of anilines is 1. The first-order valence-electron chi connectivity index (χ1n) is 6.70. The summed E-state index contributed by atoms with van der Waals surface area (Å²) in [6, 6.07) is 7.98. The number of benzene rings is 1. The molecular formula is C15H23NO2. The van der Waals surface area contributed by atoms with E-state index >= 15 is 0 Å². The highest BCUT2D eigenvalue weighted by atomic mass is 16.5. The highest BCUT2D eigenvalue weighted by Gasteiger charge is 2.15. The van der Waals surface area contributed by atoms with Gasteiger partial charge in [0.25, 0.3) is 0 Å². The van der Waals surface area contributed by atoms with Crippen molar-refractivity contribution >= 4 is 11.7 Å². The molecule has 0 unspecified atom stereocenters. The van der Waals surface area contributed by atoms with Crippen LogP contribution in [-0.2, 0) is 16.1 Å². The van der Waals surface area contributed by atoms with Crippen LogP contribution in [0.4, 0.5) is 5.69 Å². The Morgan fingerprint density at radius 1 is 1.17 bits per heavy atom. The average Bonchev–Trinajstić information content (AvgIpc) is 2.40. The summed E-state index contributed by atoms with van der Waals surface area (Å²) in [7, 11) is 0. The van der Waals surface area contributed by atoms with E-state index in [4.69, 9.17) is 4.74 Å². The fourth-order valence-corrected chi connectivity index (χ4v) is 1.82. The Morgan fingerprint density at radius 2 is 1.78 bits per heavy atom. The summed E-state index contributed by atoms with van der Waals surface area (Å²) < 4.78 is 5.31. The van der Waals surface area contributed by atoms with Crippen molar-refractivity contribution in [3.63, 3.8) is 0 Å². The first kappa shape index (κ1) is 14.6. The molecule has 0 aliphatic rings. The number of carbonyl (C=O) groups is 1. The minimum atomic E-state index is -0.0873. The van der Waals surface area contributed by atoms with Crippen molar-refractivity contribution in [1.82, 2.24) is 0 Å². The van der Waals surface area contributed by atoms with Gasteiger partial charge in [-0.2, -0.15) is 0 Å². The molecule has 0 amide bonds. The number of carbonyl (C=O) groups excluding carboxylic acids is 1. The van der Waals surface area contributed by atoms with Crippen molar-refractivity contribution in [2.75, 3.05) is 11.9 Å². The highest BCUT2D eigenvalue weighted by molar-refractivity contribution is 5.72. The van der Waals surface area contributed by atoms with Crippen LogP contribution in [0.2, 0.25) is 0 Å². The van der Waals surface area contributed by atoms with Crippen LogP contribution in [0.5, 0.6) is 0 Å². The molecule has 0 fully saturated rings. The Bertz CT molecular complexity index is 355. The first-order valence-corrected chi connectivity index (χ1v) is 6.70. The molecule has 3 nitrogen and oxygen atoms in total. The van der Waals surface area contributed by atoms with Crippen molar-refractivity contribution in [3.05, 3.63) is 29.8 Å². The molecule has 1 N–H and O–H groups in total. The van der Waals surface area contributed by atoms with Crippen LogP contribution in [-0.4, -0.2) is 12.5 Å². The van der Waals surface area contributed by atoms with Gasteiger partial charge >= 0.3 is 5.97 Å². The maximum Gasteiger partial charge on any atom is 0.309 e. The van der Waals surface area contributed by atoms with Crippen LogP contribution in [0, 0.1) is 5.92 Å². The average molecular weight is 249 g/mol. The number of ether oxygens (including phenoxy) is 1. The van der Waals surface area contributed by atoms with Crippen molar-refractivity contribution in [2.45, 2.75) is 40.2 Å². The Balaban J connectivity index is 2.45. The summed E-state index contributed by atoms with van der Waals surface area (Å²) in [5.74, 6) is -0.0539. The zero-order valence-electron chi connectivity index (χ0n) is 11.5. The minimum Gasteiger partial charge on any atom is -0.461 e. The third-order valence-corrected chi connectivity index (χ3v) is 3.03. The second-order valence-corrected chi connectivity index (χ2v) is 4.35. The molecular weight excluding hydrogens is 226 g/mol. The first-order chi connectivity index (χ1) is 8.71. The molecule has 18 heavy (non-hydrogen) atoms. The summed E-state index contributed by atoms with van der Waals surface area (Å²) >= 11 is 0. The van der Waals surface area contributed by atoms with Gasteiger partial charge in [-0.05, 0) is 37.5 Å². The molecule has 0 aromatic heterocycles. The van der Waals surface area contributed by atoms with Gasteiger partial charge in [0.05, 0.1) is 5.92 Å². The molecule has 0 atom stereocenters. The number of esters is 1. The van der Waals surface area contributed by atoms with Crippen molar-refractivity contribution in [3.8, 4) is 0 Å². The fourth-order valence-electron chi connectivity index (χ4n) is 1.82. The molecule has 3 heteroatoms. The van der Waals surface area contributed by atoms with Crippen LogP contribution in [0.3, 0.4) is 0 Å². The molecule has 0 radical (unpaired) electrons. The van der Waals surface area contributed by atoms with E-state index in [9.17, 15) is 4.79 Å². The summed E-state index contributed by atoms with van der Waals surface area (Å²) in [5, 5.41) is 3.23. The zero-order valence-corrected chi connectivity index (χ0v) is 11.5. The molecule has 1 rings (SSSR count). The van der Waals surface area contributed by atoms with E-state index in [-0.39, 0.29) is 11.9 Å². The van der Waals surface area contributed by atoms with Gasteiger partial charge in [0, 0.05) is 12.2 Å². The number of hydrogen-bond acceptors (Lipinski definition) is 3. The van der Waals surface area contributed by atoms with Gasteiger partial charge in [0.15, 0.2) is 0 Å². The monoisotopic (exact) mass is 249 g/mol. The maximum absolute atomic E-state index is 11.7. The van der Waals surface area contributed by atoms with E-state index in [1.54, 1.807) is 0 Å². The van der Waals surface area contributed by atoms with E-state index in [0.717, 1.165) is 30.6 Å². The number of nitrogens with one attached hydrogen (secondary N) is 1. The quantitative estimate of drug-likeness (QED) is 0.750. The van der Waals surface area contributed by atoms with Crippen LogP contribution in [0.15, 0.2) is 24.3 Å². The third kappa shape index (κ3) is 4.40. The Hall–Kier alpha value is -1.51. The van der Waals surface area contributed by atoms with Crippen LogP contribution < -0.4 is 5.32 Å². The normalized spacial score (nSPS) is 10.4. The van der Waals surface area contributed by atoms with Gasteiger partial charge in [-0.3, -0.25) is 4.79 Å². The van der Waals surface area contributed by atoms with E-state index in [1.165, 1.54) is 0 Å². The predicted octanol–water partition coefficient (Wildman–Crippen LogP) is 3.60. The molecule has 0 saturated heterocycles. The summed E-state index contributed by atoms with van der Waals surface area (Å²) in [6.07, 6.45) is 1.68. The smallest absolute Gasteiger partial charge is 0.309 e. The van der Waals surface area contributed by atoms with Gasteiger partial charge in [0.2, 0.25) is 0 Å². The highest BCUT2D eigenvalue weighted by Crippen LogP contribution is 2.13. The minimum absolute atomic E-state index is 0.0334. The van der Waals surface area contributed by atoms with E-state index in [0.29, 0.717) is 6.61 Å². The van der Waals surface area contributed by atoms with E-state index < -0.39 is 0 Å². The Labute approximate surface area is 110 Å². The largest absolute Gasteiger partial charge is 0.461 e. The van der Waals surface area contributed by atoms with Crippen molar-refractivity contribution in [2.24, 2.45) is 5.92 Å². The second kappa shape index (κ2) is 7.75. The standard InChI is InChI=1S/C15H23NO2/c1-4-13(5-2)15(17)18-11-12-7-9-14(10-8-12)16-6-3/h7-10,13,16H,4-6,11H2,1-3H3. The molecule has 0 saturated carbocycles. The lowest BCUT2D eigenvalue weighted by Crippen LogP contribution is -2.16. The topological polar surface area (TPSA) is 38.3 Å². The molecule has 100 valence electrons. The Kier molecular flexibility index (Phi) is 6.26. The van der Waals surface area contributed by atoms with Gasteiger partial charge in [-0.25, -0.2) is 0 Å². The SMILES string of the molecule is CCNc1ccc(COC(=O)C(CC)CC)cc1. The molecule has 0 aliphatic carbocycles. The molecule has 0 bridgehead atoms. The van der Waals surface area contributed by atoms with E-state index in [1.807, 2.05) is 38.1 Å². The fraction of sp³-hybridized carbons (Fsp3) is 0.533. The van der Waals surface area contributed by atoms with Gasteiger partial charge < -0.3 is 10.1 Å². The van der Waals surface area contributed by atoms with Crippen LogP contribution >= 0.6 is 0 Å². The predicted molar refractivity (Wildman–Crippen MR) is 74.5 cm³/mol. The molecule has 1 aromatic rings. The van der Waals surface area contributed by atoms with Crippen LogP contribution in [0.25, 0.3) is 0 Å². The Morgan fingerprint density at radius 3 is 2.28 bits per heavy atom. The van der Waals surface area contributed by atoms with Crippen molar-refractivity contribution < 1.29 is 9.53 Å². The third-order valence-electron chi connectivity index (χ3n) is 3.03. The lowest BCUT2D eigenvalue weighted by molar-refractivity contribution is -0.150. The molecule has 0 spiro atoms. The summed E-state index contributed by atoms with van der Waals surface area (Å²) in [4.78, 5) is 11.7.